The number of fused-ring (bicyclic) bond motifs is 2. The zero-order chi connectivity index (χ0) is 14.7. The first kappa shape index (κ1) is 12.7. The van der Waals surface area contributed by atoms with E-state index in [0.29, 0.717) is 6.79 Å². The summed E-state index contributed by atoms with van der Waals surface area (Å²) < 4.78 is 16.9. The van der Waals surface area contributed by atoms with Gasteiger partial charge in [0.1, 0.15) is 0 Å². The molecule has 0 saturated carbocycles. The summed E-state index contributed by atoms with van der Waals surface area (Å²) in [6, 6.07) is 4.38. The van der Waals surface area contributed by atoms with Gasteiger partial charge < -0.3 is 14.2 Å². The summed E-state index contributed by atoms with van der Waals surface area (Å²) in [5.41, 5.74) is 4.11. The maximum atomic E-state index is 5.65. The molecule has 0 bridgehead atoms. The number of hydrogen-bond donors (Lipinski definition) is 0. The van der Waals surface area contributed by atoms with Crippen LogP contribution in [0, 0.1) is 0 Å². The second kappa shape index (κ2) is 4.37. The predicted molar refractivity (Wildman–Crippen MR) is 82.2 cm³/mol. The highest BCUT2D eigenvalue weighted by molar-refractivity contribution is 5.58. The van der Waals surface area contributed by atoms with Crippen LogP contribution in [0.2, 0.25) is 0 Å². The zero-order valence-corrected chi connectivity index (χ0v) is 12.7. The molecule has 22 heavy (non-hydrogen) atoms. The molecule has 1 aromatic carbocycles. The number of nitrogens with zero attached hydrogens (tertiary/aromatic N) is 1. The van der Waals surface area contributed by atoms with Crippen LogP contribution in [0.5, 0.6) is 11.5 Å². The Labute approximate surface area is 130 Å². The molecule has 1 spiro atoms. The molecule has 0 amide bonds. The van der Waals surface area contributed by atoms with E-state index in [9.17, 15) is 0 Å². The van der Waals surface area contributed by atoms with Crippen molar-refractivity contribution in [2.75, 3.05) is 27.0 Å². The summed E-state index contributed by atoms with van der Waals surface area (Å²) in [6.45, 7) is 2.43. The van der Waals surface area contributed by atoms with Crippen LogP contribution in [0.4, 0.5) is 0 Å². The number of hydrogen-bond acceptors (Lipinski definition) is 4. The van der Waals surface area contributed by atoms with Crippen LogP contribution in [-0.2, 0) is 16.7 Å². The number of rotatable bonds is 1. The Hall–Kier alpha value is -1.78. The number of methoxy groups -OCH3 is 1. The lowest BCUT2D eigenvalue weighted by molar-refractivity contribution is 0.0514. The molecule has 2 atom stereocenters. The van der Waals surface area contributed by atoms with E-state index in [1.807, 2.05) is 0 Å². The van der Waals surface area contributed by atoms with Gasteiger partial charge in [-0.3, -0.25) is 4.90 Å². The van der Waals surface area contributed by atoms with Gasteiger partial charge in [-0.15, -0.1) is 0 Å². The number of ether oxygens (including phenoxy) is 3. The maximum absolute atomic E-state index is 5.65. The molecule has 3 aliphatic heterocycles. The molecule has 1 aliphatic carbocycles. The van der Waals surface area contributed by atoms with Crippen molar-refractivity contribution >= 4 is 0 Å². The highest BCUT2D eigenvalue weighted by Gasteiger charge is 2.50. The van der Waals surface area contributed by atoms with E-state index >= 15 is 0 Å². The van der Waals surface area contributed by atoms with Gasteiger partial charge in [0.15, 0.2) is 11.5 Å². The quantitative estimate of drug-likeness (QED) is 0.796. The standard InChI is InChI=1S/C18H19NO3/c1-20-14-3-2-13-5-7-19-6-4-12-8-16-17(22-11-21-16)9-15(12)18(13,19)10-14/h2-3,5,8-9,14H,4,6-7,10-11H2,1H3/t14-,18-/m0/s1. The van der Waals surface area contributed by atoms with Gasteiger partial charge in [0.2, 0.25) is 6.79 Å². The van der Waals surface area contributed by atoms with E-state index in [1.54, 1.807) is 7.11 Å². The second-order valence-corrected chi connectivity index (χ2v) is 6.42. The van der Waals surface area contributed by atoms with Crippen LogP contribution < -0.4 is 9.47 Å². The topological polar surface area (TPSA) is 30.9 Å². The fraction of sp³-hybridized carbons (Fsp3) is 0.444. The van der Waals surface area contributed by atoms with Crippen LogP contribution >= 0.6 is 0 Å². The molecular formula is C18H19NO3. The van der Waals surface area contributed by atoms with Crippen LogP contribution in [0.3, 0.4) is 0 Å². The van der Waals surface area contributed by atoms with Crippen LogP contribution in [0.1, 0.15) is 17.5 Å². The SMILES string of the molecule is CO[C@H]1C=CC2=CCN3CCc4cc5c(cc4[C@]23C1)OCO5. The lowest BCUT2D eigenvalue weighted by Gasteiger charge is -2.48. The summed E-state index contributed by atoms with van der Waals surface area (Å²) in [7, 11) is 1.79. The molecule has 1 aromatic rings. The van der Waals surface area contributed by atoms with Gasteiger partial charge >= 0.3 is 0 Å². The fourth-order valence-electron chi connectivity index (χ4n) is 4.45. The molecule has 0 aromatic heterocycles. The molecule has 5 rings (SSSR count). The van der Waals surface area contributed by atoms with Gasteiger partial charge in [-0.05, 0) is 35.3 Å². The van der Waals surface area contributed by atoms with E-state index in [1.165, 1.54) is 16.7 Å². The highest BCUT2D eigenvalue weighted by atomic mass is 16.7. The Kier molecular flexibility index (Phi) is 2.53. The predicted octanol–water partition coefficient (Wildman–Crippen LogP) is 2.38. The molecule has 4 aliphatic rings. The summed E-state index contributed by atoms with van der Waals surface area (Å²) in [6.07, 6.45) is 8.99. The Bertz CT molecular complexity index is 709. The number of benzene rings is 1. The monoisotopic (exact) mass is 297 g/mol. The molecular weight excluding hydrogens is 278 g/mol. The third-order valence-electron chi connectivity index (χ3n) is 5.53. The Morgan fingerprint density at radius 1 is 1.27 bits per heavy atom. The van der Waals surface area contributed by atoms with Crippen LogP contribution in [0.15, 0.2) is 35.9 Å². The van der Waals surface area contributed by atoms with Crippen molar-refractivity contribution in [1.29, 1.82) is 0 Å². The van der Waals surface area contributed by atoms with E-state index in [4.69, 9.17) is 14.2 Å². The molecule has 4 nitrogen and oxygen atoms in total. The first-order valence-electron chi connectivity index (χ1n) is 7.91. The third-order valence-corrected chi connectivity index (χ3v) is 5.53. The van der Waals surface area contributed by atoms with Gasteiger partial charge in [-0.2, -0.15) is 0 Å². The molecule has 0 N–H and O–H groups in total. The second-order valence-electron chi connectivity index (χ2n) is 6.42. The first-order valence-corrected chi connectivity index (χ1v) is 7.91. The van der Waals surface area contributed by atoms with Crippen molar-refractivity contribution in [3.63, 3.8) is 0 Å². The largest absolute Gasteiger partial charge is 0.454 e. The summed E-state index contributed by atoms with van der Waals surface area (Å²) in [5.74, 6) is 1.77. The molecule has 114 valence electrons. The Morgan fingerprint density at radius 2 is 2.14 bits per heavy atom. The van der Waals surface area contributed by atoms with Crippen LogP contribution in [-0.4, -0.2) is 38.0 Å². The average molecular weight is 297 g/mol. The molecule has 0 fully saturated rings. The normalized spacial score (nSPS) is 31.5. The molecule has 3 heterocycles. The van der Waals surface area contributed by atoms with E-state index in [-0.39, 0.29) is 11.6 Å². The highest BCUT2D eigenvalue weighted by Crippen LogP contribution is 2.52. The van der Waals surface area contributed by atoms with Crippen molar-refractivity contribution in [1.82, 2.24) is 4.90 Å². The van der Waals surface area contributed by atoms with Crippen molar-refractivity contribution < 1.29 is 14.2 Å². The minimum Gasteiger partial charge on any atom is -0.454 e. The third kappa shape index (κ3) is 1.49. The lowest BCUT2D eigenvalue weighted by atomic mass is 9.71. The average Bonchev–Trinajstić information content (AvgIpc) is 3.16. The Morgan fingerprint density at radius 3 is 3.00 bits per heavy atom. The Balaban J connectivity index is 1.72. The van der Waals surface area contributed by atoms with Gasteiger partial charge in [-0.25, -0.2) is 0 Å². The first-order chi connectivity index (χ1) is 10.8. The zero-order valence-electron chi connectivity index (χ0n) is 12.7. The van der Waals surface area contributed by atoms with Gasteiger partial charge in [0.05, 0.1) is 11.6 Å². The molecule has 0 saturated heterocycles. The minimum atomic E-state index is -0.0516. The molecule has 4 heteroatoms. The van der Waals surface area contributed by atoms with Crippen molar-refractivity contribution in [3.05, 3.63) is 47.1 Å². The van der Waals surface area contributed by atoms with Gasteiger partial charge in [-0.1, -0.05) is 18.2 Å². The van der Waals surface area contributed by atoms with Crippen molar-refractivity contribution in [3.8, 4) is 11.5 Å². The van der Waals surface area contributed by atoms with E-state index in [2.05, 4.69) is 35.3 Å². The molecule has 0 radical (unpaired) electrons. The van der Waals surface area contributed by atoms with Crippen molar-refractivity contribution in [2.24, 2.45) is 0 Å². The molecule has 0 unspecified atom stereocenters. The summed E-state index contributed by atoms with van der Waals surface area (Å²) >= 11 is 0. The summed E-state index contributed by atoms with van der Waals surface area (Å²) in [5, 5.41) is 0. The van der Waals surface area contributed by atoms with Crippen molar-refractivity contribution in [2.45, 2.75) is 24.5 Å². The summed E-state index contributed by atoms with van der Waals surface area (Å²) in [4.78, 5) is 2.59. The fourth-order valence-corrected chi connectivity index (χ4v) is 4.45. The smallest absolute Gasteiger partial charge is 0.231 e. The van der Waals surface area contributed by atoms with Gasteiger partial charge in [0.25, 0.3) is 0 Å². The van der Waals surface area contributed by atoms with Gasteiger partial charge in [0, 0.05) is 26.6 Å². The van der Waals surface area contributed by atoms with E-state index in [0.717, 1.165) is 37.4 Å². The lowest BCUT2D eigenvalue weighted by Crippen LogP contribution is -2.51. The van der Waals surface area contributed by atoms with E-state index < -0.39 is 0 Å². The minimum absolute atomic E-state index is 0.0516. The van der Waals surface area contributed by atoms with Crippen LogP contribution in [0.25, 0.3) is 0 Å². The maximum Gasteiger partial charge on any atom is 0.231 e.